The Hall–Kier alpha value is -3.28. The molecular formula is C23H29NO5. The number of carbonyl (C=O) groups is 1. The summed E-state index contributed by atoms with van der Waals surface area (Å²) in [6.07, 6.45) is 5.77. The van der Waals surface area contributed by atoms with Crippen LogP contribution < -0.4 is 9.47 Å². The molecule has 0 saturated heterocycles. The van der Waals surface area contributed by atoms with E-state index in [-0.39, 0.29) is 0 Å². The van der Waals surface area contributed by atoms with E-state index in [1.165, 1.54) is 6.92 Å². The van der Waals surface area contributed by atoms with Gasteiger partial charge in [0.15, 0.2) is 6.10 Å². The number of aromatic nitrogens is 1. The lowest BCUT2D eigenvalue weighted by Gasteiger charge is -2.11. The predicted molar refractivity (Wildman–Crippen MR) is 114 cm³/mol. The number of benzene rings is 1. The van der Waals surface area contributed by atoms with Crippen molar-refractivity contribution in [1.29, 1.82) is 0 Å². The third-order valence-corrected chi connectivity index (χ3v) is 3.69. The summed E-state index contributed by atoms with van der Waals surface area (Å²) in [5.74, 6) is 0.936. The number of rotatable bonds is 11. The van der Waals surface area contributed by atoms with Gasteiger partial charge in [-0.15, -0.1) is 0 Å². The predicted octanol–water partition coefficient (Wildman–Crippen LogP) is 5.32. The molecule has 2 aromatic rings. The van der Waals surface area contributed by atoms with E-state index >= 15 is 0 Å². The molecule has 0 aliphatic carbocycles. The van der Waals surface area contributed by atoms with Gasteiger partial charge < -0.3 is 19.1 Å². The minimum absolute atomic E-state index is 0.483. The van der Waals surface area contributed by atoms with Crippen LogP contribution in [0.15, 0.2) is 66.2 Å². The zero-order valence-electron chi connectivity index (χ0n) is 17.3. The minimum atomic E-state index is -1.01. The normalized spacial score (nSPS) is 11.6. The van der Waals surface area contributed by atoms with Gasteiger partial charge in [0.25, 0.3) is 0 Å². The van der Waals surface area contributed by atoms with Crippen molar-refractivity contribution < 1.29 is 23.9 Å². The van der Waals surface area contributed by atoms with Crippen molar-refractivity contribution in [2.75, 3.05) is 6.61 Å². The first kappa shape index (κ1) is 23.8. The van der Waals surface area contributed by atoms with Crippen LogP contribution in [0.4, 0.5) is 0 Å². The molecule has 156 valence electrons. The van der Waals surface area contributed by atoms with Crippen LogP contribution in [0.1, 0.15) is 38.6 Å². The second-order valence-corrected chi connectivity index (χ2v) is 5.76. The quantitative estimate of drug-likeness (QED) is 0.407. The fraction of sp³-hybridized carbons (Fsp3) is 0.304. The van der Waals surface area contributed by atoms with Crippen LogP contribution in [0.25, 0.3) is 5.57 Å². The lowest BCUT2D eigenvalue weighted by Crippen LogP contribution is -2.22. The Morgan fingerprint density at radius 2 is 1.90 bits per heavy atom. The van der Waals surface area contributed by atoms with Crippen LogP contribution in [-0.2, 0) is 11.2 Å². The smallest absolute Gasteiger partial charge is 0.344 e. The Morgan fingerprint density at radius 1 is 1.24 bits per heavy atom. The van der Waals surface area contributed by atoms with E-state index in [0.717, 1.165) is 23.4 Å². The molecule has 0 saturated carbocycles. The summed E-state index contributed by atoms with van der Waals surface area (Å²) in [5, 5.41) is 12.9. The molecule has 0 aliphatic heterocycles. The molecule has 0 spiro atoms. The summed E-state index contributed by atoms with van der Waals surface area (Å²) in [6.45, 7) is 13.4. The average molecular weight is 399 g/mol. The molecule has 1 atom stereocenters. The van der Waals surface area contributed by atoms with Crippen LogP contribution >= 0.6 is 0 Å². The highest BCUT2D eigenvalue weighted by molar-refractivity contribution is 5.72. The lowest BCUT2D eigenvalue weighted by atomic mass is 10.1. The van der Waals surface area contributed by atoms with Crippen LogP contribution in [0.2, 0.25) is 0 Å². The zero-order chi connectivity index (χ0) is 21.6. The molecular weight excluding hydrogens is 370 g/mol. The number of aliphatic carboxylic acids is 1. The van der Waals surface area contributed by atoms with Gasteiger partial charge in [-0.05, 0) is 37.6 Å². The number of allylic oxidation sites excluding steroid dienone is 4. The molecule has 1 unspecified atom stereocenters. The van der Waals surface area contributed by atoms with Gasteiger partial charge in [-0.3, -0.25) is 0 Å². The Balaban J connectivity index is 0.00000204. The molecule has 0 amide bonds. The molecule has 29 heavy (non-hydrogen) atoms. The van der Waals surface area contributed by atoms with Gasteiger partial charge in [-0.25, -0.2) is 4.79 Å². The Kier molecular flexibility index (Phi) is 10.6. The molecule has 1 aromatic heterocycles. The first-order valence-electron chi connectivity index (χ1n) is 9.57. The van der Waals surface area contributed by atoms with E-state index in [1.54, 1.807) is 36.4 Å². The third-order valence-electron chi connectivity index (χ3n) is 3.69. The van der Waals surface area contributed by atoms with Crippen molar-refractivity contribution in [2.45, 2.75) is 39.7 Å². The average Bonchev–Trinajstić information content (AvgIpc) is 3.20. The van der Waals surface area contributed by atoms with Crippen molar-refractivity contribution in [3.8, 4) is 11.5 Å². The van der Waals surface area contributed by atoms with Gasteiger partial charge in [0, 0.05) is 18.1 Å². The number of nitrogens with zero attached hydrogens (tertiary/aromatic N) is 1. The van der Waals surface area contributed by atoms with Crippen molar-refractivity contribution in [2.24, 2.45) is 0 Å². The summed E-state index contributed by atoms with van der Waals surface area (Å²) in [4.78, 5) is 10.8. The summed E-state index contributed by atoms with van der Waals surface area (Å²) in [7, 11) is 0. The van der Waals surface area contributed by atoms with Crippen LogP contribution in [-0.4, -0.2) is 28.9 Å². The molecule has 6 heteroatoms. The van der Waals surface area contributed by atoms with Gasteiger partial charge in [0.2, 0.25) is 0 Å². The molecule has 1 aromatic carbocycles. The maximum absolute atomic E-state index is 10.8. The molecule has 2 rings (SSSR count). The number of aryl methyl sites for hydroxylation is 1. The Bertz CT molecular complexity index is 805. The maximum atomic E-state index is 10.8. The molecule has 0 aliphatic rings. The highest BCUT2D eigenvalue weighted by Crippen LogP contribution is 2.20. The fourth-order valence-corrected chi connectivity index (χ4v) is 2.26. The van der Waals surface area contributed by atoms with E-state index in [4.69, 9.17) is 19.1 Å². The number of ether oxygens (including phenoxy) is 2. The van der Waals surface area contributed by atoms with E-state index in [1.807, 2.05) is 26.0 Å². The third kappa shape index (κ3) is 8.09. The van der Waals surface area contributed by atoms with E-state index < -0.39 is 12.1 Å². The first-order valence-corrected chi connectivity index (χ1v) is 9.57. The Morgan fingerprint density at radius 3 is 2.48 bits per heavy atom. The second-order valence-electron chi connectivity index (χ2n) is 5.76. The monoisotopic (exact) mass is 399 g/mol. The second kappa shape index (κ2) is 13.0. The van der Waals surface area contributed by atoms with Gasteiger partial charge >= 0.3 is 5.97 Å². The van der Waals surface area contributed by atoms with E-state index in [9.17, 15) is 4.79 Å². The summed E-state index contributed by atoms with van der Waals surface area (Å²) < 4.78 is 16.3. The number of hydrogen-bond acceptors (Lipinski definition) is 5. The first-order chi connectivity index (χ1) is 14.0. The van der Waals surface area contributed by atoms with Crippen molar-refractivity contribution in [1.82, 2.24) is 5.16 Å². The number of hydrogen-bond donors (Lipinski definition) is 1. The largest absolute Gasteiger partial charge is 0.494 e. The van der Waals surface area contributed by atoms with Crippen molar-refractivity contribution >= 4 is 11.5 Å². The lowest BCUT2D eigenvalue weighted by molar-refractivity contribution is -0.144. The topological polar surface area (TPSA) is 81.8 Å². The molecule has 0 radical (unpaired) electrons. The number of carboxylic acid groups (broad SMARTS) is 1. The molecule has 1 N–H and O–H groups in total. The van der Waals surface area contributed by atoms with Gasteiger partial charge in [-0.1, -0.05) is 50.4 Å². The molecule has 0 fully saturated rings. The highest BCUT2D eigenvalue weighted by Gasteiger charge is 2.12. The summed E-state index contributed by atoms with van der Waals surface area (Å²) in [6, 6.07) is 8.73. The summed E-state index contributed by atoms with van der Waals surface area (Å²) >= 11 is 0. The Labute approximate surface area is 172 Å². The SMILES string of the molecule is C=C/C=C(\C=C)c1cc(CCCOc2ccc(OC(C)C(=O)O)cc2)on1.CC. The van der Waals surface area contributed by atoms with E-state index in [0.29, 0.717) is 24.5 Å². The van der Waals surface area contributed by atoms with Crippen LogP contribution in [0.3, 0.4) is 0 Å². The molecule has 6 nitrogen and oxygen atoms in total. The van der Waals surface area contributed by atoms with Crippen molar-refractivity contribution in [3.05, 3.63) is 73.2 Å². The molecule has 1 heterocycles. The minimum Gasteiger partial charge on any atom is -0.494 e. The van der Waals surface area contributed by atoms with Gasteiger partial charge in [0.1, 0.15) is 23.0 Å². The van der Waals surface area contributed by atoms with Gasteiger partial charge in [-0.2, -0.15) is 0 Å². The zero-order valence-corrected chi connectivity index (χ0v) is 17.3. The van der Waals surface area contributed by atoms with Crippen LogP contribution in [0.5, 0.6) is 11.5 Å². The maximum Gasteiger partial charge on any atom is 0.344 e. The fourth-order valence-electron chi connectivity index (χ4n) is 2.26. The van der Waals surface area contributed by atoms with Gasteiger partial charge in [0.05, 0.1) is 6.61 Å². The summed E-state index contributed by atoms with van der Waals surface area (Å²) in [5.41, 5.74) is 1.59. The number of carboxylic acids is 1. The van der Waals surface area contributed by atoms with Crippen LogP contribution in [0, 0.1) is 0 Å². The van der Waals surface area contributed by atoms with Crippen molar-refractivity contribution in [3.63, 3.8) is 0 Å². The van der Waals surface area contributed by atoms with E-state index in [2.05, 4.69) is 18.3 Å². The standard InChI is InChI=1S/C21H23NO5.C2H6/c1-4-7-16(5-2)20-14-19(27-22-20)8-6-13-25-17-9-11-18(12-10-17)26-15(3)21(23)24;1-2/h4-5,7,9-12,14-15H,1-2,6,8,13H2,3H3,(H,23,24);1-2H3/b16-7+;. The molecule has 0 bridgehead atoms. The highest BCUT2D eigenvalue weighted by atomic mass is 16.5.